The second-order valence-corrected chi connectivity index (χ2v) is 28.6. The molecule has 0 spiro atoms. The number of hydrogen-bond donors (Lipinski definition) is 1. The van der Waals surface area contributed by atoms with E-state index in [0.717, 1.165) is 37.9 Å². The van der Waals surface area contributed by atoms with Crippen molar-refractivity contribution < 1.29 is 37.7 Å². The van der Waals surface area contributed by atoms with Crippen LogP contribution in [0, 0.1) is 22.7 Å². The minimum atomic E-state index is -2.23. The summed E-state index contributed by atoms with van der Waals surface area (Å²) < 4.78 is 49.0. The molecule has 3 fully saturated rings. The van der Waals surface area contributed by atoms with Crippen molar-refractivity contribution in [3.63, 3.8) is 0 Å². The van der Waals surface area contributed by atoms with Crippen LogP contribution in [-0.2, 0) is 14.2 Å². The van der Waals surface area contributed by atoms with Gasteiger partial charge in [0.25, 0.3) is 0 Å². The van der Waals surface area contributed by atoms with Gasteiger partial charge in [-0.2, -0.15) is 9.97 Å². The number of morpholine rings is 1. The highest BCUT2D eigenvalue weighted by atomic mass is 28.3. The van der Waals surface area contributed by atoms with Crippen molar-refractivity contribution in [2.45, 2.75) is 156 Å². The Kier molecular flexibility index (Phi) is 14.2. The fourth-order valence-electron chi connectivity index (χ4n) is 10.9. The van der Waals surface area contributed by atoms with E-state index in [1.54, 1.807) is 31.7 Å². The lowest BCUT2D eigenvalue weighted by atomic mass is 9.95. The van der Waals surface area contributed by atoms with Crippen molar-refractivity contribution in [1.82, 2.24) is 24.8 Å². The Hall–Kier alpha value is -5.24. The van der Waals surface area contributed by atoms with E-state index in [9.17, 15) is 9.59 Å². The maximum atomic E-state index is 18.4. The number of benzene rings is 2. The zero-order valence-corrected chi connectivity index (χ0v) is 44.8. The average molecular weight is 980 g/mol. The van der Waals surface area contributed by atoms with Crippen LogP contribution >= 0.6 is 0 Å². The number of carbonyl (C=O) groups is 2. The molecule has 0 bridgehead atoms. The van der Waals surface area contributed by atoms with Crippen LogP contribution in [0.15, 0.2) is 30.3 Å². The molecule has 70 heavy (non-hydrogen) atoms. The van der Waals surface area contributed by atoms with E-state index in [1.165, 1.54) is 0 Å². The molecule has 14 nitrogen and oxygen atoms in total. The number of halogens is 1. The highest BCUT2D eigenvalue weighted by molar-refractivity contribution is 6.90. The molecule has 1 saturated carbocycles. The number of rotatable bonds is 10. The Bertz CT molecular complexity index is 2680. The van der Waals surface area contributed by atoms with Gasteiger partial charge in [0.05, 0.1) is 25.9 Å². The highest BCUT2D eigenvalue weighted by Crippen LogP contribution is 2.48. The molecule has 8 rings (SSSR count). The van der Waals surface area contributed by atoms with Gasteiger partial charge in [-0.15, -0.1) is 5.54 Å². The number of piperazine rings is 1. The molecule has 378 valence electrons. The lowest BCUT2D eigenvalue weighted by Crippen LogP contribution is -2.63. The molecule has 0 unspecified atom stereocenters. The summed E-state index contributed by atoms with van der Waals surface area (Å²) in [4.78, 5) is 48.4. The predicted octanol–water partition coefficient (Wildman–Crippen LogP) is 11.0. The second-order valence-electron chi connectivity index (χ2n) is 23.0. The third-order valence-electron chi connectivity index (χ3n) is 14.5. The first-order chi connectivity index (χ1) is 32.9. The Labute approximate surface area is 414 Å². The lowest BCUT2D eigenvalue weighted by molar-refractivity contribution is 0.00760. The molecule has 1 N–H and O–H groups in total. The molecule has 4 aliphatic rings. The zero-order chi connectivity index (χ0) is 50.7. The Morgan fingerprint density at radius 2 is 1.59 bits per heavy atom. The summed E-state index contributed by atoms with van der Waals surface area (Å²) in [5, 5.41) is 4.61. The van der Waals surface area contributed by atoms with Crippen LogP contribution in [0.3, 0.4) is 0 Å². The van der Waals surface area contributed by atoms with Gasteiger partial charge >= 0.3 is 18.2 Å². The lowest BCUT2D eigenvalue weighted by Gasteiger charge is -2.46. The Morgan fingerprint density at radius 1 is 0.914 bits per heavy atom. The van der Waals surface area contributed by atoms with Crippen LogP contribution in [0.4, 0.5) is 25.5 Å². The number of ether oxygens (including phenoxy) is 5. The Balaban J connectivity index is 1.33. The number of amides is 2. The molecule has 2 aromatic carbocycles. The average Bonchev–Trinajstić information content (AvgIpc) is 4.05. The van der Waals surface area contributed by atoms with E-state index in [-0.39, 0.29) is 41.1 Å². The standard InChI is InChI=1S/C54H74FN7O7Si/c1-32(2)70(33(3)4,34(5)6)25-18-37-16-15-17-38-26-39(56-50(63)68-52(9,10)11)27-40(42(37)38)45-44(55)46-43-47(59-49(58-46)66-31-54(19-20-54)30-60-21-23-65-24-22-60)62-28-35(7)61(51(64)69-53(12,13)14)29-41(62)36(8)67-48(43)57-45/h15-17,26-27,32-36,41H,19-24,28-31H2,1-14H3,(H,56,63)/t35-,36+,41+/m1/s1. The van der Waals surface area contributed by atoms with Crippen LogP contribution < -0.4 is 19.7 Å². The van der Waals surface area contributed by atoms with Crippen molar-refractivity contribution >= 4 is 53.4 Å². The molecule has 0 radical (unpaired) electrons. The molecule has 4 aromatic rings. The van der Waals surface area contributed by atoms with Crippen molar-refractivity contribution in [1.29, 1.82) is 0 Å². The molecule has 2 saturated heterocycles. The molecule has 1 aliphatic carbocycles. The van der Waals surface area contributed by atoms with Gasteiger partial charge in [-0.25, -0.2) is 19.0 Å². The SMILES string of the molecule is CC(C)[Si](C#Cc1cccc2cc(NC(=O)OC(C)(C)C)cc(-c3nc4c5c(nc(OCC6(CN7CCOCC7)CC6)nc5c3F)N3C[C@@H](C)N(C(=O)OC(C)(C)C)C[C@H]3[C@H](C)O4)c12)(C(C)C)C(C)C. The quantitative estimate of drug-likeness (QED) is 0.119. The fraction of sp³-hybridized carbons (Fsp3) is 0.611. The van der Waals surface area contributed by atoms with E-state index in [4.69, 9.17) is 38.6 Å². The van der Waals surface area contributed by atoms with Crippen LogP contribution in [0.25, 0.3) is 32.9 Å². The summed E-state index contributed by atoms with van der Waals surface area (Å²) in [6.45, 7) is 33.5. The first-order valence-electron chi connectivity index (χ1n) is 25.3. The second kappa shape index (κ2) is 19.4. The molecule has 2 amide bonds. The van der Waals surface area contributed by atoms with E-state index in [1.807, 2.05) is 58.9 Å². The number of hydrogen-bond acceptors (Lipinski definition) is 12. The minimum absolute atomic E-state index is 0.0128. The largest absolute Gasteiger partial charge is 0.472 e. The monoisotopic (exact) mass is 980 g/mol. The smallest absolute Gasteiger partial charge is 0.412 e. The molecule has 5 heterocycles. The molecule has 3 aliphatic heterocycles. The first kappa shape index (κ1) is 51.1. The van der Waals surface area contributed by atoms with E-state index in [2.05, 4.69) is 68.1 Å². The fourth-order valence-corrected chi connectivity index (χ4v) is 16.1. The van der Waals surface area contributed by atoms with Crippen molar-refractivity contribution in [2.24, 2.45) is 5.41 Å². The molecular formula is C54H74FN7O7Si. The molecule has 2 aromatic heterocycles. The van der Waals surface area contributed by atoms with Gasteiger partial charge in [0.1, 0.15) is 47.8 Å². The summed E-state index contributed by atoms with van der Waals surface area (Å²) in [5.74, 6) is 3.51. The van der Waals surface area contributed by atoms with Crippen LogP contribution in [0.2, 0.25) is 16.6 Å². The number of aromatic nitrogens is 3. The highest BCUT2D eigenvalue weighted by Gasteiger charge is 2.47. The molecule has 16 heteroatoms. The van der Waals surface area contributed by atoms with Gasteiger partial charge < -0.3 is 33.5 Å². The normalized spacial score (nSPS) is 20.5. The topological polar surface area (TPSA) is 141 Å². The van der Waals surface area contributed by atoms with E-state index >= 15 is 4.39 Å². The van der Waals surface area contributed by atoms with E-state index < -0.39 is 49.4 Å². The summed E-state index contributed by atoms with van der Waals surface area (Å²) in [7, 11) is -2.23. The number of nitrogens with zero attached hydrogens (tertiary/aromatic N) is 6. The van der Waals surface area contributed by atoms with Crippen LogP contribution in [0.1, 0.15) is 115 Å². The van der Waals surface area contributed by atoms with Gasteiger partial charge in [0.2, 0.25) is 5.88 Å². The number of nitrogens with one attached hydrogen (secondary N) is 1. The molecule has 3 atom stereocenters. The minimum Gasteiger partial charge on any atom is -0.472 e. The van der Waals surface area contributed by atoms with Crippen molar-refractivity contribution in [3.8, 4) is 34.6 Å². The summed E-state index contributed by atoms with van der Waals surface area (Å²) in [5.41, 5.74) is 4.93. The first-order valence-corrected chi connectivity index (χ1v) is 27.5. The number of carbonyl (C=O) groups excluding carboxylic acids is 2. The van der Waals surface area contributed by atoms with Crippen molar-refractivity contribution in [2.75, 3.05) is 62.8 Å². The van der Waals surface area contributed by atoms with Crippen LogP contribution in [-0.4, -0.2) is 127 Å². The molecular weight excluding hydrogens is 906 g/mol. The maximum Gasteiger partial charge on any atom is 0.412 e. The zero-order valence-electron chi connectivity index (χ0n) is 43.8. The Morgan fingerprint density at radius 3 is 2.21 bits per heavy atom. The summed E-state index contributed by atoms with van der Waals surface area (Å²) in [6.07, 6.45) is 0.352. The number of fused-ring (bicyclic) bond motifs is 3. The third kappa shape index (κ3) is 10.5. The predicted molar refractivity (Wildman–Crippen MR) is 276 cm³/mol. The number of pyridine rings is 1. The van der Waals surface area contributed by atoms with Gasteiger partial charge in [-0.1, -0.05) is 59.6 Å². The van der Waals surface area contributed by atoms with E-state index in [0.29, 0.717) is 76.4 Å². The number of anilines is 2. The van der Waals surface area contributed by atoms with Gasteiger partial charge in [0, 0.05) is 66.4 Å². The third-order valence-corrected chi connectivity index (χ3v) is 20.8. The van der Waals surface area contributed by atoms with Crippen molar-refractivity contribution in [3.05, 3.63) is 41.7 Å². The maximum absolute atomic E-state index is 18.4. The van der Waals surface area contributed by atoms with Gasteiger partial charge in [-0.05, 0) is 108 Å². The summed E-state index contributed by atoms with van der Waals surface area (Å²) in [6, 6.07) is 8.73. The van der Waals surface area contributed by atoms with Crippen LogP contribution in [0.5, 0.6) is 11.9 Å². The van der Waals surface area contributed by atoms with Gasteiger partial charge in [0.15, 0.2) is 5.82 Å². The summed E-state index contributed by atoms with van der Waals surface area (Å²) >= 11 is 0. The van der Waals surface area contributed by atoms with Gasteiger partial charge in [-0.3, -0.25) is 10.2 Å².